The van der Waals surface area contributed by atoms with Crippen LogP contribution in [0.15, 0.2) is 0 Å². The summed E-state index contributed by atoms with van der Waals surface area (Å²) in [5.41, 5.74) is -3.62. The number of carbonyl (C=O) groups is 2. The normalized spacial score (nSPS) is 16.9. The average Bonchev–Trinajstić information content (AvgIpc) is 2.50. The first-order chi connectivity index (χ1) is 12.3. The summed E-state index contributed by atoms with van der Waals surface area (Å²) in [5.74, 6) is -1.37. The molecule has 0 bridgehead atoms. The van der Waals surface area contributed by atoms with Crippen molar-refractivity contribution >= 4 is 19.4 Å². The van der Waals surface area contributed by atoms with E-state index in [1.807, 2.05) is 0 Å². The highest BCUT2D eigenvalue weighted by atomic mass is 31.2. The zero-order valence-electron chi connectivity index (χ0n) is 17.5. The molecule has 0 fully saturated rings. The summed E-state index contributed by atoms with van der Waals surface area (Å²) >= 11 is 0. The van der Waals surface area contributed by atoms with Crippen molar-refractivity contribution in [2.45, 2.75) is 78.2 Å². The van der Waals surface area contributed by atoms with Crippen LogP contribution in [-0.4, -0.2) is 59.8 Å². The molecular formula is C17H34NO8P. The minimum absolute atomic E-state index is 0.0517. The largest absolute Gasteiger partial charge is 0.480 e. The van der Waals surface area contributed by atoms with Crippen molar-refractivity contribution in [3.63, 3.8) is 0 Å². The van der Waals surface area contributed by atoms with Gasteiger partial charge in [-0.15, -0.1) is 0 Å². The number of ether oxygens (including phenoxy) is 3. The third kappa shape index (κ3) is 7.07. The van der Waals surface area contributed by atoms with Crippen molar-refractivity contribution < 1.29 is 38.0 Å². The first-order valence-electron chi connectivity index (χ1n) is 9.02. The highest BCUT2D eigenvalue weighted by molar-refractivity contribution is 7.61. The summed E-state index contributed by atoms with van der Waals surface area (Å²) in [5, 5.41) is 11.9. The number of aliphatic carboxylic acids is 1. The molecule has 2 unspecified atom stereocenters. The van der Waals surface area contributed by atoms with E-state index < -0.39 is 42.3 Å². The molecule has 10 heteroatoms. The Hall–Kier alpha value is -1.15. The molecule has 1 amide bonds. The zero-order chi connectivity index (χ0) is 21.5. The molecule has 0 radical (unpaired) electrons. The molecule has 27 heavy (non-hydrogen) atoms. The third-order valence-corrected chi connectivity index (χ3v) is 7.07. The summed E-state index contributed by atoms with van der Waals surface area (Å²) in [7, 11) is -3.88. The topological polar surface area (TPSA) is 120 Å². The highest BCUT2D eigenvalue weighted by Crippen LogP contribution is 2.64. The van der Waals surface area contributed by atoms with Gasteiger partial charge in [0.05, 0.1) is 12.3 Å². The zero-order valence-corrected chi connectivity index (χ0v) is 18.4. The minimum atomic E-state index is -3.88. The Morgan fingerprint density at radius 2 is 1.52 bits per heavy atom. The average molecular weight is 411 g/mol. The summed E-state index contributed by atoms with van der Waals surface area (Å²) in [4.78, 5) is 23.9. The van der Waals surface area contributed by atoms with E-state index in [9.17, 15) is 19.3 Å². The molecule has 0 rings (SSSR count). The Morgan fingerprint density at radius 3 is 1.85 bits per heavy atom. The van der Waals surface area contributed by atoms with Gasteiger partial charge in [-0.1, -0.05) is 6.92 Å². The number of amides is 1. The van der Waals surface area contributed by atoms with Crippen molar-refractivity contribution in [2.75, 3.05) is 19.8 Å². The molecule has 160 valence electrons. The standard InChI is InChI=1S/C17H34NO8P/c1-9-23-17(8,24-10-2)27(22,25-11-3)12(4)13(14(19)20)18-15(21)26-16(5,6)7/h12-13H,9-11H2,1-8H3,(H,18,21)(H,19,20)/t12?,13-,27?/m0/s1. The first-order valence-corrected chi connectivity index (χ1v) is 10.7. The Labute approximate surface area is 161 Å². The molecule has 0 aliphatic carbocycles. The van der Waals surface area contributed by atoms with Crippen LogP contribution >= 0.6 is 7.37 Å². The number of rotatable bonds is 11. The Bertz CT molecular complexity index is 540. The SMILES string of the molecule is CCOC(C)(OCC)P(=O)(OCC)C(C)[C@H](NC(=O)OC(C)(C)C)C(=O)O. The van der Waals surface area contributed by atoms with Crippen LogP contribution < -0.4 is 5.32 Å². The van der Waals surface area contributed by atoms with Gasteiger partial charge >= 0.3 is 12.1 Å². The number of alkyl carbamates (subject to hydrolysis) is 1. The molecule has 9 nitrogen and oxygen atoms in total. The van der Waals surface area contributed by atoms with E-state index in [1.54, 1.807) is 41.5 Å². The predicted octanol–water partition coefficient (Wildman–Crippen LogP) is 3.41. The van der Waals surface area contributed by atoms with Gasteiger partial charge in [0.2, 0.25) is 5.53 Å². The monoisotopic (exact) mass is 411 g/mol. The highest BCUT2D eigenvalue weighted by Gasteiger charge is 2.55. The summed E-state index contributed by atoms with van der Waals surface area (Å²) in [6, 6.07) is -1.53. The lowest BCUT2D eigenvalue weighted by Gasteiger charge is -2.40. The molecule has 0 aliphatic rings. The number of carboxylic acids is 1. The fourth-order valence-electron chi connectivity index (χ4n) is 2.57. The number of hydrogen-bond acceptors (Lipinski definition) is 7. The van der Waals surface area contributed by atoms with Crippen LogP contribution in [0.3, 0.4) is 0 Å². The maximum atomic E-state index is 13.8. The maximum absolute atomic E-state index is 13.8. The Balaban J connectivity index is 5.90. The van der Waals surface area contributed by atoms with Gasteiger partial charge in [0.1, 0.15) is 11.6 Å². The quantitative estimate of drug-likeness (QED) is 0.392. The van der Waals surface area contributed by atoms with Crippen molar-refractivity contribution in [3.05, 3.63) is 0 Å². The predicted molar refractivity (Wildman–Crippen MR) is 101 cm³/mol. The number of hydrogen-bond donors (Lipinski definition) is 2. The van der Waals surface area contributed by atoms with Gasteiger partial charge in [0, 0.05) is 13.2 Å². The summed E-state index contributed by atoms with van der Waals surface area (Å²) in [6.07, 6.45) is -0.931. The van der Waals surface area contributed by atoms with Gasteiger partial charge in [-0.05, 0) is 48.5 Å². The third-order valence-electron chi connectivity index (χ3n) is 3.67. The van der Waals surface area contributed by atoms with Gasteiger partial charge in [-0.25, -0.2) is 9.59 Å². The first kappa shape index (κ1) is 25.9. The molecule has 0 saturated heterocycles. The maximum Gasteiger partial charge on any atom is 0.408 e. The molecule has 0 saturated carbocycles. The fourth-order valence-corrected chi connectivity index (χ4v) is 5.38. The smallest absolute Gasteiger partial charge is 0.408 e. The van der Waals surface area contributed by atoms with E-state index in [2.05, 4.69) is 5.32 Å². The van der Waals surface area contributed by atoms with Crippen molar-refractivity contribution in [1.29, 1.82) is 0 Å². The van der Waals surface area contributed by atoms with E-state index in [-0.39, 0.29) is 19.8 Å². The van der Waals surface area contributed by atoms with Crippen LogP contribution in [0, 0.1) is 0 Å². The fraction of sp³-hybridized carbons (Fsp3) is 0.882. The Morgan fingerprint density at radius 1 is 1.04 bits per heavy atom. The van der Waals surface area contributed by atoms with Crippen molar-refractivity contribution in [3.8, 4) is 0 Å². The van der Waals surface area contributed by atoms with Crippen molar-refractivity contribution in [1.82, 2.24) is 5.32 Å². The lowest BCUT2D eigenvalue weighted by Crippen LogP contribution is -2.51. The molecular weight excluding hydrogens is 377 g/mol. The lowest BCUT2D eigenvalue weighted by molar-refractivity contribution is -0.169. The van der Waals surface area contributed by atoms with E-state index in [0.29, 0.717) is 0 Å². The molecule has 0 heterocycles. The van der Waals surface area contributed by atoms with Gasteiger partial charge in [-0.3, -0.25) is 4.57 Å². The number of carboxylic acid groups (broad SMARTS) is 1. The second-order valence-corrected chi connectivity index (χ2v) is 10.1. The second kappa shape index (κ2) is 10.4. The molecule has 0 aromatic rings. The van der Waals surface area contributed by atoms with E-state index in [0.717, 1.165) is 0 Å². The molecule has 0 aliphatic heterocycles. The van der Waals surface area contributed by atoms with Crippen LogP contribution in [-0.2, 0) is 28.1 Å². The van der Waals surface area contributed by atoms with Crippen LogP contribution in [0.2, 0.25) is 0 Å². The van der Waals surface area contributed by atoms with Crippen LogP contribution in [0.1, 0.15) is 55.4 Å². The molecule has 2 N–H and O–H groups in total. The van der Waals surface area contributed by atoms with Gasteiger partial charge in [0.25, 0.3) is 7.37 Å². The molecule has 0 aromatic heterocycles. The summed E-state index contributed by atoms with van der Waals surface area (Å²) in [6.45, 7) is 13.3. The Kier molecular flexibility index (Phi) is 9.97. The van der Waals surface area contributed by atoms with E-state index >= 15 is 0 Å². The molecule has 3 atom stereocenters. The molecule has 0 aromatic carbocycles. The summed E-state index contributed by atoms with van der Waals surface area (Å²) < 4.78 is 35.6. The van der Waals surface area contributed by atoms with Crippen LogP contribution in [0.4, 0.5) is 4.79 Å². The van der Waals surface area contributed by atoms with Crippen LogP contribution in [0.25, 0.3) is 0 Å². The van der Waals surface area contributed by atoms with Crippen LogP contribution in [0.5, 0.6) is 0 Å². The number of carbonyl (C=O) groups excluding carboxylic acids is 1. The van der Waals surface area contributed by atoms with Crippen molar-refractivity contribution in [2.24, 2.45) is 0 Å². The molecule has 0 spiro atoms. The van der Waals surface area contributed by atoms with E-state index in [1.165, 1.54) is 13.8 Å². The minimum Gasteiger partial charge on any atom is -0.480 e. The lowest BCUT2D eigenvalue weighted by atomic mass is 10.2. The number of nitrogens with one attached hydrogen (secondary N) is 1. The van der Waals surface area contributed by atoms with Gasteiger partial charge in [-0.2, -0.15) is 0 Å². The van der Waals surface area contributed by atoms with E-state index in [4.69, 9.17) is 18.7 Å². The van der Waals surface area contributed by atoms with Gasteiger partial charge < -0.3 is 29.2 Å². The van der Waals surface area contributed by atoms with Gasteiger partial charge in [0.15, 0.2) is 0 Å². The second-order valence-electron chi connectivity index (χ2n) is 6.98.